The topological polar surface area (TPSA) is 16.4 Å². The quantitative estimate of drug-likeness (QED) is 0.162. The fraction of sp³-hybridized carbons (Fsp3) is 0. The minimum atomic E-state index is 0.885. The predicted octanol–water partition coefficient (Wildman–Crippen LogP) is 16.1. The average Bonchev–Trinajstić information content (AvgIpc) is 3.87. The largest absolute Gasteiger partial charge is 0.455 e. The third-order valence-electron chi connectivity index (χ3n) is 11.1. The number of rotatable bonds is 7. The predicted molar refractivity (Wildman–Crippen MR) is 243 cm³/mol. The van der Waals surface area contributed by atoms with E-state index in [0.29, 0.717) is 0 Å². The van der Waals surface area contributed by atoms with E-state index < -0.39 is 0 Å². The molecule has 0 spiro atoms. The summed E-state index contributed by atoms with van der Waals surface area (Å²) in [6.45, 7) is 0. The van der Waals surface area contributed by atoms with Crippen molar-refractivity contribution in [2.24, 2.45) is 0 Å². The molecule has 11 rings (SSSR count). The van der Waals surface area contributed by atoms with Crippen LogP contribution in [0, 0.1) is 0 Å². The molecule has 0 aliphatic heterocycles. The van der Waals surface area contributed by atoms with Gasteiger partial charge in [-0.25, -0.2) is 0 Å². The molecule has 3 heteroatoms. The van der Waals surface area contributed by atoms with Crippen molar-refractivity contribution in [1.29, 1.82) is 0 Å². The first kappa shape index (κ1) is 33.2. The molecule has 57 heavy (non-hydrogen) atoms. The van der Waals surface area contributed by atoms with Crippen LogP contribution >= 0.6 is 11.3 Å². The van der Waals surface area contributed by atoms with Gasteiger partial charge in [0, 0.05) is 64.6 Å². The Hall–Kier alpha value is -7.20. The van der Waals surface area contributed by atoms with Crippen LogP contribution in [0.3, 0.4) is 0 Å². The highest BCUT2D eigenvalue weighted by atomic mass is 32.1. The molecule has 2 aromatic heterocycles. The molecular weight excluding hydrogens is 711 g/mol. The number of para-hydroxylation sites is 3. The van der Waals surface area contributed by atoms with E-state index in [1.54, 1.807) is 0 Å². The van der Waals surface area contributed by atoms with Crippen LogP contribution in [0.25, 0.3) is 86.6 Å². The minimum absolute atomic E-state index is 0.885. The van der Waals surface area contributed by atoms with Crippen molar-refractivity contribution in [3.05, 3.63) is 212 Å². The molecule has 0 amide bonds. The second kappa shape index (κ2) is 13.8. The molecule has 2 heterocycles. The maximum Gasteiger partial charge on any atom is 0.143 e. The van der Waals surface area contributed by atoms with E-state index in [1.807, 2.05) is 17.4 Å². The van der Waals surface area contributed by atoms with Crippen LogP contribution in [0.15, 0.2) is 217 Å². The molecule has 2 nitrogen and oxygen atoms in total. The molecule has 0 aliphatic carbocycles. The Morgan fingerprint density at radius 3 is 1.47 bits per heavy atom. The van der Waals surface area contributed by atoms with Crippen LogP contribution in [0.1, 0.15) is 0 Å². The number of nitrogens with zero attached hydrogens (tertiary/aromatic N) is 1. The number of fused-ring (bicyclic) bond motifs is 6. The molecule has 9 aromatic carbocycles. The van der Waals surface area contributed by atoms with E-state index in [1.165, 1.54) is 48.0 Å². The van der Waals surface area contributed by atoms with Crippen LogP contribution in [-0.2, 0) is 0 Å². The molecule has 0 N–H and O–H groups in total. The van der Waals surface area contributed by atoms with Gasteiger partial charge in [-0.2, -0.15) is 0 Å². The maximum atomic E-state index is 6.75. The monoisotopic (exact) mass is 745 g/mol. The molecule has 0 atom stereocenters. The fourth-order valence-corrected chi connectivity index (χ4v) is 9.64. The van der Waals surface area contributed by atoms with Gasteiger partial charge in [0.25, 0.3) is 0 Å². The van der Waals surface area contributed by atoms with E-state index >= 15 is 0 Å². The summed E-state index contributed by atoms with van der Waals surface area (Å²) >= 11 is 1.86. The number of hydrogen-bond acceptors (Lipinski definition) is 3. The summed E-state index contributed by atoms with van der Waals surface area (Å²) in [6, 6.07) is 76.4. The summed E-state index contributed by atoms with van der Waals surface area (Å²) in [7, 11) is 0. The van der Waals surface area contributed by atoms with Crippen LogP contribution in [0.5, 0.6) is 0 Å². The Morgan fingerprint density at radius 2 is 0.807 bits per heavy atom. The first-order valence-corrected chi connectivity index (χ1v) is 20.2. The zero-order valence-corrected chi connectivity index (χ0v) is 31.8. The third-order valence-corrected chi connectivity index (χ3v) is 12.3. The van der Waals surface area contributed by atoms with E-state index in [9.17, 15) is 0 Å². The number of furan rings is 1. The Morgan fingerprint density at radius 1 is 0.333 bits per heavy atom. The Bertz CT molecular complexity index is 3000. The molecule has 0 aliphatic rings. The highest BCUT2D eigenvalue weighted by Gasteiger charge is 2.25. The van der Waals surface area contributed by atoms with Crippen molar-refractivity contribution < 1.29 is 4.42 Å². The molecule has 0 radical (unpaired) electrons. The van der Waals surface area contributed by atoms with Crippen molar-refractivity contribution in [2.45, 2.75) is 0 Å². The van der Waals surface area contributed by atoms with Crippen molar-refractivity contribution in [1.82, 2.24) is 0 Å². The van der Waals surface area contributed by atoms with Crippen molar-refractivity contribution >= 4 is 70.5 Å². The SMILES string of the molecule is c1ccc(-c2ccc(N(c3ccc(-c4ccccc4)cc3)c3c(-c4cccc5c4oc4ccccc45)cccc3-c3cccc4c3sc3ccccc34)cc2)cc1. The van der Waals surface area contributed by atoms with E-state index in [2.05, 4.69) is 211 Å². The van der Waals surface area contributed by atoms with Crippen molar-refractivity contribution in [3.63, 3.8) is 0 Å². The van der Waals surface area contributed by atoms with Crippen LogP contribution in [-0.4, -0.2) is 0 Å². The van der Waals surface area contributed by atoms with E-state index in [0.717, 1.165) is 55.7 Å². The average molecular weight is 746 g/mol. The number of thiophene rings is 1. The molecule has 0 saturated heterocycles. The molecule has 11 aromatic rings. The zero-order valence-electron chi connectivity index (χ0n) is 31.0. The van der Waals surface area contributed by atoms with Gasteiger partial charge in [-0.15, -0.1) is 11.3 Å². The second-order valence-electron chi connectivity index (χ2n) is 14.4. The van der Waals surface area contributed by atoms with Crippen LogP contribution in [0.2, 0.25) is 0 Å². The van der Waals surface area contributed by atoms with Crippen LogP contribution in [0.4, 0.5) is 17.1 Å². The Kier molecular flexibility index (Phi) is 8.04. The number of anilines is 3. The van der Waals surface area contributed by atoms with Crippen molar-refractivity contribution in [3.8, 4) is 44.5 Å². The molecular formula is C54H35NOS. The lowest BCUT2D eigenvalue weighted by molar-refractivity contribution is 0.670. The summed E-state index contributed by atoms with van der Waals surface area (Å²) in [4.78, 5) is 2.45. The van der Waals surface area contributed by atoms with Crippen LogP contribution < -0.4 is 4.90 Å². The first-order valence-electron chi connectivity index (χ1n) is 19.3. The Labute approximate surface area is 335 Å². The van der Waals surface area contributed by atoms with Gasteiger partial charge in [-0.05, 0) is 58.7 Å². The fourth-order valence-electron chi connectivity index (χ4n) is 8.41. The van der Waals surface area contributed by atoms with Gasteiger partial charge < -0.3 is 9.32 Å². The maximum absolute atomic E-state index is 6.75. The van der Waals surface area contributed by atoms with Crippen molar-refractivity contribution in [2.75, 3.05) is 4.90 Å². The highest BCUT2D eigenvalue weighted by Crippen LogP contribution is 2.51. The summed E-state index contributed by atoms with van der Waals surface area (Å²) in [5, 5.41) is 4.78. The van der Waals surface area contributed by atoms with Gasteiger partial charge in [-0.3, -0.25) is 0 Å². The summed E-state index contributed by atoms with van der Waals surface area (Å²) in [5.74, 6) is 0. The van der Waals surface area contributed by atoms with E-state index in [4.69, 9.17) is 4.42 Å². The summed E-state index contributed by atoms with van der Waals surface area (Å²) in [6.07, 6.45) is 0. The summed E-state index contributed by atoms with van der Waals surface area (Å²) in [5.41, 5.74) is 14.2. The first-order chi connectivity index (χ1) is 28.3. The van der Waals surface area contributed by atoms with E-state index in [-0.39, 0.29) is 0 Å². The van der Waals surface area contributed by atoms with Gasteiger partial charge >= 0.3 is 0 Å². The molecule has 0 bridgehead atoms. The van der Waals surface area contributed by atoms with Gasteiger partial charge in [-0.1, -0.05) is 176 Å². The third kappa shape index (κ3) is 5.71. The lowest BCUT2D eigenvalue weighted by Crippen LogP contribution is -2.13. The lowest BCUT2D eigenvalue weighted by atomic mass is 9.92. The van der Waals surface area contributed by atoms with Gasteiger partial charge in [0.2, 0.25) is 0 Å². The Balaban J connectivity index is 1.21. The molecule has 268 valence electrons. The summed E-state index contributed by atoms with van der Waals surface area (Å²) < 4.78 is 9.32. The van der Waals surface area contributed by atoms with Gasteiger partial charge in [0.05, 0.1) is 5.69 Å². The second-order valence-corrected chi connectivity index (χ2v) is 15.5. The number of hydrogen-bond donors (Lipinski definition) is 0. The lowest BCUT2D eigenvalue weighted by Gasteiger charge is -2.31. The van der Waals surface area contributed by atoms with Gasteiger partial charge in [0.1, 0.15) is 11.2 Å². The zero-order chi connectivity index (χ0) is 37.7. The highest BCUT2D eigenvalue weighted by molar-refractivity contribution is 7.26. The molecule has 0 unspecified atom stereocenters. The minimum Gasteiger partial charge on any atom is -0.455 e. The van der Waals surface area contributed by atoms with Gasteiger partial charge in [0.15, 0.2) is 0 Å². The number of benzene rings is 9. The standard InChI is InChI=1S/C54H35NOS/c1-3-14-36(15-4-1)38-28-32-40(33-29-38)55(41-34-30-39(31-35-41)37-16-5-2-6-17-37)52-44(47-23-12-22-46-42-18-7-9-26-50(42)56-53(46)47)20-11-21-45(52)49-25-13-24-48-43-19-8-10-27-51(43)57-54(48)49/h1-35H. The normalized spacial score (nSPS) is 11.5. The molecule has 0 saturated carbocycles. The smallest absolute Gasteiger partial charge is 0.143 e. The molecule has 0 fully saturated rings.